The van der Waals surface area contributed by atoms with Gasteiger partial charge in [-0.3, -0.25) is 14.2 Å². The van der Waals surface area contributed by atoms with E-state index in [9.17, 15) is 9.59 Å². The van der Waals surface area contributed by atoms with Crippen molar-refractivity contribution in [2.45, 2.75) is 45.1 Å². The molecule has 1 aliphatic heterocycles. The van der Waals surface area contributed by atoms with Crippen molar-refractivity contribution >= 4 is 39.1 Å². The Morgan fingerprint density at radius 2 is 1.91 bits per heavy atom. The first-order valence-electron chi connectivity index (χ1n) is 11.4. The van der Waals surface area contributed by atoms with Crippen molar-refractivity contribution in [3.05, 3.63) is 86.5 Å². The van der Waals surface area contributed by atoms with Gasteiger partial charge in [-0.2, -0.15) is 0 Å². The summed E-state index contributed by atoms with van der Waals surface area (Å²) in [4.78, 5) is 33.5. The van der Waals surface area contributed by atoms with Gasteiger partial charge >= 0.3 is 0 Å². The zero-order valence-electron chi connectivity index (χ0n) is 19.4. The van der Waals surface area contributed by atoms with Crippen LogP contribution < -0.4 is 5.56 Å². The maximum absolute atomic E-state index is 14.0. The third kappa shape index (κ3) is 4.24. The summed E-state index contributed by atoms with van der Waals surface area (Å²) in [5.74, 6) is 0.584. The van der Waals surface area contributed by atoms with Crippen LogP contribution in [-0.4, -0.2) is 27.2 Å². The summed E-state index contributed by atoms with van der Waals surface area (Å²) < 4.78 is 7.74. The SMILES string of the molecule is Cc1ccccc1-n1c(SCC(=O)c2ccccc2)nc2sc3c(c2c1=O)CC(C(C)C)OC3. The first-order chi connectivity index (χ1) is 16.4. The number of aryl methyl sites for hydroxylation is 1. The number of ketones is 1. The fourth-order valence-corrected chi connectivity index (χ4v) is 6.36. The lowest BCUT2D eigenvalue weighted by Gasteiger charge is -2.26. The lowest BCUT2D eigenvalue weighted by molar-refractivity contribution is 0.00200. The highest BCUT2D eigenvalue weighted by molar-refractivity contribution is 7.99. The molecule has 0 N–H and O–H groups in total. The smallest absolute Gasteiger partial charge is 0.267 e. The molecule has 3 heterocycles. The molecular formula is C27H26N2O3S2. The molecule has 0 radical (unpaired) electrons. The van der Waals surface area contributed by atoms with Gasteiger partial charge < -0.3 is 4.74 Å². The van der Waals surface area contributed by atoms with Crippen LogP contribution in [0, 0.1) is 12.8 Å². The van der Waals surface area contributed by atoms with Crippen molar-refractivity contribution in [3.8, 4) is 5.69 Å². The number of hydrogen-bond donors (Lipinski definition) is 0. The van der Waals surface area contributed by atoms with Crippen molar-refractivity contribution in [2.75, 3.05) is 5.75 Å². The zero-order chi connectivity index (χ0) is 23.8. The van der Waals surface area contributed by atoms with Gasteiger partial charge in [-0.1, -0.05) is 74.1 Å². The highest BCUT2D eigenvalue weighted by atomic mass is 32.2. The third-order valence-corrected chi connectivity index (χ3v) is 8.28. The second kappa shape index (κ2) is 9.49. The van der Waals surface area contributed by atoms with Crippen molar-refractivity contribution < 1.29 is 9.53 Å². The summed E-state index contributed by atoms with van der Waals surface area (Å²) in [5.41, 5.74) is 3.43. The number of Topliss-reactive ketones (excluding diaryl/α,β-unsaturated/α-hetero) is 1. The van der Waals surface area contributed by atoms with Crippen LogP contribution >= 0.6 is 23.1 Å². The molecule has 2 aromatic carbocycles. The summed E-state index contributed by atoms with van der Waals surface area (Å²) in [6.07, 6.45) is 0.811. The summed E-state index contributed by atoms with van der Waals surface area (Å²) in [7, 11) is 0. The molecule has 0 saturated carbocycles. The summed E-state index contributed by atoms with van der Waals surface area (Å²) in [6, 6.07) is 17.0. The topological polar surface area (TPSA) is 61.2 Å². The van der Waals surface area contributed by atoms with Gasteiger partial charge in [0.05, 0.1) is 29.5 Å². The van der Waals surface area contributed by atoms with Gasteiger partial charge in [-0.15, -0.1) is 11.3 Å². The molecule has 1 aliphatic rings. The number of nitrogens with zero attached hydrogens (tertiary/aromatic N) is 2. The van der Waals surface area contributed by atoms with Gasteiger partial charge in [0.15, 0.2) is 10.9 Å². The highest BCUT2D eigenvalue weighted by Crippen LogP contribution is 2.36. The van der Waals surface area contributed by atoms with E-state index in [2.05, 4.69) is 13.8 Å². The minimum absolute atomic E-state index is 0.00919. The van der Waals surface area contributed by atoms with Crippen LogP contribution in [0.3, 0.4) is 0 Å². The summed E-state index contributed by atoms with van der Waals surface area (Å²) in [5, 5.41) is 1.23. The number of para-hydroxylation sites is 1. The van der Waals surface area contributed by atoms with Crippen LogP contribution in [0.4, 0.5) is 0 Å². The Morgan fingerprint density at radius 1 is 1.18 bits per heavy atom. The molecule has 34 heavy (non-hydrogen) atoms. The van der Waals surface area contributed by atoms with Crippen molar-refractivity contribution in [1.82, 2.24) is 9.55 Å². The maximum atomic E-state index is 14.0. The Hall–Kier alpha value is -2.74. The van der Waals surface area contributed by atoms with Crippen LogP contribution in [0.2, 0.25) is 0 Å². The number of benzene rings is 2. The Kier molecular flexibility index (Phi) is 6.42. The summed E-state index contributed by atoms with van der Waals surface area (Å²) in [6.45, 7) is 6.79. The van der Waals surface area contributed by atoms with E-state index in [1.165, 1.54) is 23.1 Å². The third-order valence-electron chi connectivity index (χ3n) is 6.24. The van der Waals surface area contributed by atoms with E-state index in [4.69, 9.17) is 9.72 Å². The maximum Gasteiger partial charge on any atom is 0.267 e. The predicted octanol–water partition coefficient (Wildman–Crippen LogP) is 5.83. The number of thiophene rings is 1. The van der Waals surface area contributed by atoms with Crippen LogP contribution in [0.1, 0.15) is 40.2 Å². The standard InChI is InChI=1S/C27H26N2O3S2/c1-16(2)22-13-19-23(14-32-22)34-25-24(19)26(31)29(20-12-8-7-9-17(20)3)27(28-25)33-15-21(30)18-10-5-4-6-11-18/h4-12,16,22H,13-15H2,1-3H3. The Morgan fingerprint density at radius 3 is 2.65 bits per heavy atom. The highest BCUT2D eigenvalue weighted by Gasteiger charge is 2.29. The van der Waals surface area contributed by atoms with Crippen LogP contribution in [0.25, 0.3) is 15.9 Å². The van der Waals surface area contributed by atoms with Gasteiger partial charge in [0.2, 0.25) is 0 Å². The molecule has 1 atom stereocenters. The van der Waals surface area contributed by atoms with E-state index in [0.29, 0.717) is 28.6 Å². The molecule has 1 unspecified atom stereocenters. The van der Waals surface area contributed by atoms with E-state index in [0.717, 1.165) is 32.9 Å². The molecule has 174 valence electrons. The normalized spacial score (nSPS) is 15.6. The average Bonchev–Trinajstić information content (AvgIpc) is 3.21. The molecule has 0 spiro atoms. The number of carbonyl (C=O) groups is 1. The number of ether oxygens (including phenoxy) is 1. The zero-order valence-corrected chi connectivity index (χ0v) is 21.0. The quantitative estimate of drug-likeness (QED) is 0.193. The van der Waals surface area contributed by atoms with Gasteiger partial charge in [0.1, 0.15) is 4.83 Å². The van der Waals surface area contributed by atoms with Crippen LogP contribution in [-0.2, 0) is 17.8 Å². The lowest BCUT2D eigenvalue weighted by Crippen LogP contribution is -2.28. The predicted molar refractivity (Wildman–Crippen MR) is 139 cm³/mol. The molecule has 4 aromatic rings. The molecule has 7 heteroatoms. The van der Waals surface area contributed by atoms with Crippen molar-refractivity contribution in [2.24, 2.45) is 5.92 Å². The summed E-state index contributed by atoms with van der Waals surface area (Å²) >= 11 is 2.84. The largest absolute Gasteiger partial charge is 0.372 e. The number of rotatable bonds is 6. The molecule has 5 rings (SSSR count). The Balaban J connectivity index is 1.63. The Bertz CT molecular complexity index is 1420. The van der Waals surface area contributed by atoms with E-state index in [1.807, 2.05) is 61.5 Å². The van der Waals surface area contributed by atoms with Crippen LogP contribution in [0.15, 0.2) is 64.5 Å². The molecule has 0 amide bonds. The Labute approximate surface area is 206 Å². The fraction of sp³-hybridized carbons (Fsp3) is 0.296. The van der Waals surface area contributed by atoms with Gasteiger partial charge in [-0.05, 0) is 30.0 Å². The molecule has 0 bridgehead atoms. The average molecular weight is 491 g/mol. The van der Waals surface area contributed by atoms with Gasteiger partial charge in [0, 0.05) is 16.9 Å². The number of aromatic nitrogens is 2. The fourth-order valence-electron chi connectivity index (χ4n) is 4.30. The van der Waals surface area contributed by atoms with E-state index in [1.54, 1.807) is 4.57 Å². The van der Waals surface area contributed by atoms with E-state index < -0.39 is 0 Å². The van der Waals surface area contributed by atoms with Crippen molar-refractivity contribution in [3.63, 3.8) is 0 Å². The second-order valence-electron chi connectivity index (χ2n) is 8.88. The van der Waals surface area contributed by atoms with E-state index in [-0.39, 0.29) is 23.2 Å². The number of hydrogen-bond acceptors (Lipinski definition) is 6. The first-order valence-corrected chi connectivity index (χ1v) is 13.2. The molecule has 0 aliphatic carbocycles. The van der Waals surface area contributed by atoms with Crippen LogP contribution in [0.5, 0.6) is 0 Å². The molecule has 2 aromatic heterocycles. The number of thioether (sulfide) groups is 1. The van der Waals surface area contributed by atoms with Gasteiger partial charge in [0.25, 0.3) is 5.56 Å². The van der Waals surface area contributed by atoms with Crippen molar-refractivity contribution in [1.29, 1.82) is 0 Å². The first kappa shape index (κ1) is 23.0. The lowest BCUT2D eigenvalue weighted by atomic mass is 9.96. The molecular weight excluding hydrogens is 464 g/mol. The molecule has 0 saturated heterocycles. The second-order valence-corrected chi connectivity index (χ2v) is 10.9. The molecule has 0 fully saturated rings. The molecule has 5 nitrogen and oxygen atoms in total. The monoisotopic (exact) mass is 490 g/mol. The number of carbonyl (C=O) groups excluding carboxylic acids is 1. The van der Waals surface area contributed by atoms with Gasteiger partial charge in [-0.25, -0.2) is 4.98 Å². The minimum atomic E-state index is -0.0733. The van der Waals surface area contributed by atoms with E-state index >= 15 is 0 Å². The number of fused-ring (bicyclic) bond motifs is 3. The minimum Gasteiger partial charge on any atom is -0.372 e.